The Bertz CT molecular complexity index is 133. The first-order chi connectivity index (χ1) is 4.52. The smallest absolute Gasteiger partial charge is 0.0710 e. The standard InChI is InChI=1S/C8H17NO/c1-7(2)3-4-8(7,10)5-6-9/h10H,3-6,9H2,1-2H3. The minimum Gasteiger partial charge on any atom is -0.389 e. The summed E-state index contributed by atoms with van der Waals surface area (Å²) in [5.74, 6) is 0. The van der Waals surface area contributed by atoms with E-state index < -0.39 is 5.60 Å². The van der Waals surface area contributed by atoms with Gasteiger partial charge in [-0.25, -0.2) is 0 Å². The van der Waals surface area contributed by atoms with E-state index in [1.54, 1.807) is 0 Å². The fourth-order valence-corrected chi connectivity index (χ4v) is 1.62. The number of nitrogens with two attached hydrogens (primary N) is 1. The molecule has 0 aromatic heterocycles. The second-order valence-electron chi connectivity index (χ2n) is 3.95. The molecule has 0 aromatic carbocycles. The average Bonchev–Trinajstić information content (AvgIpc) is 1.86. The van der Waals surface area contributed by atoms with E-state index in [1.807, 2.05) is 0 Å². The first-order valence-electron chi connectivity index (χ1n) is 3.94. The minimum atomic E-state index is -0.457. The molecule has 1 atom stereocenters. The zero-order chi connectivity index (χ0) is 7.83. The van der Waals surface area contributed by atoms with Crippen molar-refractivity contribution in [2.24, 2.45) is 11.1 Å². The van der Waals surface area contributed by atoms with Gasteiger partial charge in [-0.3, -0.25) is 0 Å². The normalized spacial score (nSPS) is 37.2. The zero-order valence-electron chi connectivity index (χ0n) is 6.85. The number of hydrogen-bond donors (Lipinski definition) is 2. The van der Waals surface area contributed by atoms with Gasteiger partial charge in [0.05, 0.1) is 5.60 Å². The average molecular weight is 143 g/mol. The summed E-state index contributed by atoms with van der Waals surface area (Å²) in [4.78, 5) is 0. The van der Waals surface area contributed by atoms with Crippen molar-refractivity contribution in [2.75, 3.05) is 6.54 Å². The van der Waals surface area contributed by atoms with Gasteiger partial charge in [0.2, 0.25) is 0 Å². The first-order valence-corrected chi connectivity index (χ1v) is 3.94. The van der Waals surface area contributed by atoms with Crippen molar-refractivity contribution in [1.82, 2.24) is 0 Å². The molecule has 0 heterocycles. The summed E-state index contributed by atoms with van der Waals surface area (Å²) in [6, 6.07) is 0. The van der Waals surface area contributed by atoms with E-state index in [9.17, 15) is 5.11 Å². The first kappa shape index (κ1) is 8.02. The van der Waals surface area contributed by atoms with Gasteiger partial charge in [-0.2, -0.15) is 0 Å². The summed E-state index contributed by atoms with van der Waals surface area (Å²) >= 11 is 0. The molecule has 10 heavy (non-hydrogen) atoms. The van der Waals surface area contributed by atoms with E-state index in [0.29, 0.717) is 6.54 Å². The Morgan fingerprint density at radius 1 is 1.40 bits per heavy atom. The molecule has 0 aliphatic heterocycles. The molecular weight excluding hydrogens is 126 g/mol. The van der Waals surface area contributed by atoms with E-state index in [4.69, 9.17) is 5.73 Å². The van der Waals surface area contributed by atoms with E-state index in [2.05, 4.69) is 13.8 Å². The van der Waals surface area contributed by atoms with Gasteiger partial charge in [0.15, 0.2) is 0 Å². The summed E-state index contributed by atoms with van der Waals surface area (Å²) in [6.45, 7) is 4.80. The molecule has 1 fully saturated rings. The number of rotatable bonds is 2. The fourth-order valence-electron chi connectivity index (χ4n) is 1.62. The summed E-state index contributed by atoms with van der Waals surface area (Å²) in [5.41, 5.74) is 5.03. The molecule has 1 aliphatic carbocycles. The maximum atomic E-state index is 9.86. The SMILES string of the molecule is CC1(C)CCC1(O)CCN. The molecular formula is C8H17NO. The van der Waals surface area contributed by atoms with Crippen LogP contribution in [0.25, 0.3) is 0 Å². The highest BCUT2D eigenvalue weighted by atomic mass is 16.3. The molecule has 2 heteroatoms. The second kappa shape index (κ2) is 2.21. The second-order valence-corrected chi connectivity index (χ2v) is 3.95. The molecule has 60 valence electrons. The molecule has 2 nitrogen and oxygen atoms in total. The van der Waals surface area contributed by atoms with Gasteiger partial charge in [0, 0.05) is 0 Å². The predicted molar refractivity (Wildman–Crippen MR) is 41.6 cm³/mol. The van der Waals surface area contributed by atoms with Crippen molar-refractivity contribution < 1.29 is 5.11 Å². The van der Waals surface area contributed by atoms with E-state index in [1.165, 1.54) is 0 Å². The molecule has 1 aliphatic rings. The largest absolute Gasteiger partial charge is 0.389 e. The van der Waals surface area contributed by atoms with Crippen LogP contribution in [0.4, 0.5) is 0 Å². The van der Waals surface area contributed by atoms with E-state index >= 15 is 0 Å². The van der Waals surface area contributed by atoms with Crippen molar-refractivity contribution in [2.45, 2.75) is 38.7 Å². The predicted octanol–water partition coefficient (Wildman–Crippen LogP) is 0.886. The summed E-state index contributed by atoms with van der Waals surface area (Å²) in [5, 5.41) is 9.86. The molecule has 0 saturated heterocycles. The van der Waals surface area contributed by atoms with Crippen LogP contribution in [0.1, 0.15) is 33.1 Å². The highest BCUT2D eigenvalue weighted by Gasteiger charge is 2.50. The molecule has 1 unspecified atom stereocenters. The quantitative estimate of drug-likeness (QED) is 0.603. The van der Waals surface area contributed by atoms with Gasteiger partial charge < -0.3 is 10.8 Å². The van der Waals surface area contributed by atoms with Gasteiger partial charge in [-0.15, -0.1) is 0 Å². The van der Waals surface area contributed by atoms with Gasteiger partial charge in [0.1, 0.15) is 0 Å². The fraction of sp³-hybridized carbons (Fsp3) is 1.00. The third kappa shape index (κ3) is 0.956. The number of hydrogen-bond acceptors (Lipinski definition) is 2. The minimum absolute atomic E-state index is 0.104. The Morgan fingerprint density at radius 3 is 2.10 bits per heavy atom. The lowest BCUT2D eigenvalue weighted by Crippen LogP contribution is -2.54. The van der Waals surface area contributed by atoms with Gasteiger partial charge in [0.25, 0.3) is 0 Å². The van der Waals surface area contributed by atoms with Crippen molar-refractivity contribution >= 4 is 0 Å². The summed E-state index contributed by atoms with van der Waals surface area (Å²) in [7, 11) is 0. The Kier molecular flexibility index (Phi) is 1.77. The van der Waals surface area contributed by atoms with Gasteiger partial charge in [-0.05, 0) is 31.2 Å². The third-order valence-electron chi connectivity index (χ3n) is 2.98. The molecule has 0 bridgehead atoms. The highest BCUT2D eigenvalue weighted by Crippen LogP contribution is 2.50. The van der Waals surface area contributed by atoms with Crippen LogP contribution in [0.15, 0.2) is 0 Å². The van der Waals surface area contributed by atoms with E-state index in [-0.39, 0.29) is 5.41 Å². The molecule has 1 saturated carbocycles. The van der Waals surface area contributed by atoms with Crippen molar-refractivity contribution in [3.63, 3.8) is 0 Å². The van der Waals surface area contributed by atoms with Crippen LogP contribution in [0.5, 0.6) is 0 Å². The maximum Gasteiger partial charge on any atom is 0.0710 e. The van der Waals surface area contributed by atoms with Crippen LogP contribution in [0.3, 0.4) is 0 Å². The Labute approximate surface area is 62.4 Å². The van der Waals surface area contributed by atoms with Crippen LogP contribution >= 0.6 is 0 Å². The number of aliphatic hydroxyl groups is 1. The van der Waals surface area contributed by atoms with Crippen molar-refractivity contribution in [3.8, 4) is 0 Å². The maximum absolute atomic E-state index is 9.86. The third-order valence-corrected chi connectivity index (χ3v) is 2.98. The van der Waals surface area contributed by atoms with Crippen LogP contribution in [0.2, 0.25) is 0 Å². The Balaban J connectivity index is 2.53. The lowest BCUT2D eigenvalue weighted by molar-refractivity contribution is -0.151. The lowest BCUT2D eigenvalue weighted by Gasteiger charge is -2.52. The van der Waals surface area contributed by atoms with Crippen LogP contribution < -0.4 is 5.73 Å². The molecule has 0 aromatic rings. The van der Waals surface area contributed by atoms with Gasteiger partial charge in [-0.1, -0.05) is 13.8 Å². The summed E-state index contributed by atoms with van der Waals surface area (Å²) < 4.78 is 0. The van der Waals surface area contributed by atoms with Crippen molar-refractivity contribution in [1.29, 1.82) is 0 Å². The molecule has 0 radical (unpaired) electrons. The Morgan fingerprint density at radius 2 is 2.00 bits per heavy atom. The lowest BCUT2D eigenvalue weighted by atomic mass is 9.57. The zero-order valence-corrected chi connectivity index (χ0v) is 6.85. The topological polar surface area (TPSA) is 46.2 Å². The van der Waals surface area contributed by atoms with Crippen LogP contribution in [-0.2, 0) is 0 Å². The highest BCUT2D eigenvalue weighted by molar-refractivity contribution is 5.02. The Hall–Kier alpha value is -0.0800. The van der Waals surface area contributed by atoms with Crippen molar-refractivity contribution in [3.05, 3.63) is 0 Å². The van der Waals surface area contributed by atoms with Crippen LogP contribution in [0, 0.1) is 5.41 Å². The van der Waals surface area contributed by atoms with E-state index in [0.717, 1.165) is 19.3 Å². The molecule has 3 N–H and O–H groups in total. The molecule has 0 amide bonds. The monoisotopic (exact) mass is 143 g/mol. The van der Waals surface area contributed by atoms with Crippen LogP contribution in [-0.4, -0.2) is 17.3 Å². The van der Waals surface area contributed by atoms with Gasteiger partial charge >= 0.3 is 0 Å². The summed E-state index contributed by atoms with van der Waals surface area (Å²) in [6.07, 6.45) is 2.81. The molecule has 0 spiro atoms. The molecule has 1 rings (SSSR count).